The van der Waals surface area contributed by atoms with E-state index in [4.69, 9.17) is 4.74 Å². The molecule has 0 amide bonds. The van der Waals surface area contributed by atoms with Gasteiger partial charge in [0.2, 0.25) is 0 Å². The van der Waals surface area contributed by atoms with E-state index in [0.717, 1.165) is 27.8 Å². The Morgan fingerprint density at radius 1 is 1.16 bits per heavy atom. The molecule has 0 spiro atoms. The summed E-state index contributed by atoms with van der Waals surface area (Å²) in [4.78, 5) is 0. The normalized spacial score (nSPS) is 12.2. The second-order valence-electron chi connectivity index (χ2n) is 4.40. The Morgan fingerprint density at radius 3 is 2.53 bits per heavy atom. The highest BCUT2D eigenvalue weighted by Crippen LogP contribution is 2.30. The van der Waals surface area contributed by atoms with Crippen molar-refractivity contribution in [3.05, 3.63) is 63.6 Å². The van der Waals surface area contributed by atoms with E-state index in [1.54, 1.807) is 7.11 Å². The van der Waals surface area contributed by atoms with Crippen molar-refractivity contribution in [2.75, 3.05) is 7.11 Å². The second kappa shape index (κ2) is 6.22. The topological polar surface area (TPSA) is 29.5 Å². The number of hydrogen-bond acceptors (Lipinski definition) is 2. The van der Waals surface area contributed by atoms with Crippen molar-refractivity contribution in [1.29, 1.82) is 0 Å². The van der Waals surface area contributed by atoms with Gasteiger partial charge in [-0.2, -0.15) is 0 Å². The van der Waals surface area contributed by atoms with Crippen LogP contribution in [0.1, 0.15) is 29.7 Å². The van der Waals surface area contributed by atoms with E-state index in [1.165, 1.54) is 5.56 Å². The van der Waals surface area contributed by atoms with Gasteiger partial charge in [0.1, 0.15) is 11.9 Å². The molecule has 0 bridgehead atoms. The minimum absolute atomic E-state index is 0.617. The molecule has 1 N–H and O–H groups in total. The molecule has 0 saturated carbocycles. The van der Waals surface area contributed by atoms with Crippen LogP contribution in [0.4, 0.5) is 0 Å². The van der Waals surface area contributed by atoms with Gasteiger partial charge in [-0.25, -0.2) is 0 Å². The molecule has 0 fully saturated rings. The van der Waals surface area contributed by atoms with Crippen LogP contribution >= 0.6 is 15.9 Å². The molecule has 0 radical (unpaired) electrons. The number of rotatable bonds is 4. The third-order valence-electron chi connectivity index (χ3n) is 3.17. The Balaban J connectivity index is 2.32. The van der Waals surface area contributed by atoms with E-state index < -0.39 is 6.10 Å². The summed E-state index contributed by atoms with van der Waals surface area (Å²) >= 11 is 3.44. The van der Waals surface area contributed by atoms with Gasteiger partial charge in [0.05, 0.1) is 11.6 Å². The van der Waals surface area contributed by atoms with Crippen LogP contribution in [0.25, 0.3) is 0 Å². The predicted molar refractivity (Wildman–Crippen MR) is 80.6 cm³/mol. The van der Waals surface area contributed by atoms with Crippen molar-refractivity contribution in [2.24, 2.45) is 0 Å². The number of methoxy groups -OCH3 is 1. The van der Waals surface area contributed by atoms with Crippen LogP contribution in [-0.4, -0.2) is 12.2 Å². The number of benzene rings is 2. The Morgan fingerprint density at radius 2 is 1.89 bits per heavy atom. The molecular formula is C16H17BrO2. The Bertz CT molecular complexity index is 566. The van der Waals surface area contributed by atoms with E-state index in [1.807, 2.05) is 36.4 Å². The highest BCUT2D eigenvalue weighted by Gasteiger charge is 2.12. The Kier molecular flexibility index (Phi) is 4.61. The molecule has 2 aromatic rings. The molecule has 3 heteroatoms. The molecule has 0 aliphatic rings. The molecule has 2 rings (SSSR count). The van der Waals surface area contributed by atoms with Gasteiger partial charge in [0.25, 0.3) is 0 Å². The van der Waals surface area contributed by atoms with Gasteiger partial charge in [0, 0.05) is 0 Å². The Labute approximate surface area is 122 Å². The molecule has 1 atom stereocenters. The first kappa shape index (κ1) is 14.1. The third kappa shape index (κ3) is 3.17. The molecule has 0 aliphatic carbocycles. The first-order valence-corrected chi connectivity index (χ1v) is 7.05. The molecule has 100 valence electrons. The number of aliphatic hydroxyl groups is 1. The largest absolute Gasteiger partial charge is 0.496 e. The summed E-state index contributed by atoms with van der Waals surface area (Å²) in [5.74, 6) is 0.762. The zero-order chi connectivity index (χ0) is 13.8. The van der Waals surface area contributed by atoms with Crippen LogP contribution in [0.3, 0.4) is 0 Å². The fourth-order valence-electron chi connectivity index (χ4n) is 2.03. The summed E-state index contributed by atoms with van der Waals surface area (Å²) in [6, 6.07) is 13.7. The number of aryl methyl sites for hydroxylation is 1. The smallest absolute Gasteiger partial charge is 0.133 e. The summed E-state index contributed by atoms with van der Waals surface area (Å²) in [5, 5.41) is 10.4. The lowest BCUT2D eigenvalue weighted by Gasteiger charge is -2.14. The zero-order valence-electron chi connectivity index (χ0n) is 11.1. The average molecular weight is 321 g/mol. The third-order valence-corrected chi connectivity index (χ3v) is 3.79. The lowest BCUT2D eigenvalue weighted by Crippen LogP contribution is -2.00. The summed E-state index contributed by atoms with van der Waals surface area (Å²) in [5.41, 5.74) is 2.99. The first-order valence-electron chi connectivity index (χ1n) is 6.26. The van der Waals surface area contributed by atoms with Crippen LogP contribution < -0.4 is 4.74 Å². The molecule has 0 heterocycles. The monoisotopic (exact) mass is 320 g/mol. The minimum Gasteiger partial charge on any atom is -0.496 e. The van der Waals surface area contributed by atoms with Gasteiger partial charge in [-0.1, -0.05) is 37.3 Å². The van der Waals surface area contributed by atoms with Crippen molar-refractivity contribution < 1.29 is 9.84 Å². The molecule has 0 saturated heterocycles. The van der Waals surface area contributed by atoms with Crippen LogP contribution in [0.15, 0.2) is 46.9 Å². The maximum Gasteiger partial charge on any atom is 0.133 e. The molecule has 0 aromatic heterocycles. The fourth-order valence-corrected chi connectivity index (χ4v) is 2.59. The zero-order valence-corrected chi connectivity index (χ0v) is 12.6. The van der Waals surface area contributed by atoms with Crippen LogP contribution in [0, 0.1) is 0 Å². The standard InChI is InChI=1S/C16H17BrO2/c1-3-11-5-4-6-12(9-11)16(18)13-7-8-15(19-2)14(17)10-13/h4-10,16,18H,3H2,1-2H3. The van der Waals surface area contributed by atoms with E-state index >= 15 is 0 Å². The molecular weight excluding hydrogens is 304 g/mol. The van der Waals surface area contributed by atoms with E-state index in [0.29, 0.717) is 0 Å². The molecule has 2 aromatic carbocycles. The van der Waals surface area contributed by atoms with Crippen molar-refractivity contribution >= 4 is 15.9 Å². The lowest BCUT2D eigenvalue weighted by atomic mass is 9.99. The predicted octanol–water partition coefficient (Wildman–Crippen LogP) is 4.10. The SMILES string of the molecule is CCc1cccc(C(O)c2ccc(OC)c(Br)c2)c1. The number of ether oxygens (including phenoxy) is 1. The average Bonchev–Trinajstić information content (AvgIpc) is 2.46. The number of halogens is 1. The van der Waals surface area contributed by atoms with Crippen molar-refractivity contribution in [1.82, 2.24) is 0 Å². The van der Waals surface area contributed by atoms with Crippen LogP contribution in [0.5, 0.6) is 5.75 Å². The molecule has 1 unspecified atom stereocenters. The van der Waals surface area contributed by atoms with Gasteiger partial charge < -0.3 is 9.84 Å². The summed E-state index contributed by atoms with van der Waals surface area (Å²) in [6.07, 6.45) is 0.348. The van der Waals surface area contributed by atoms with Gasteiger partial charge in [0.15, 0.2) is 0 Å². The lowest BCUT2D eigenvalue weighted by molar-refractivity contribution is 0.220. The van der Waals surface area contributed by atoms with Gasteiger partial charge >= 0.3 is 0 Å². The van der Waals surface area contributed by atoms with E-state index in [9.17, 15) is 5.11 Å². The summed E-state index contributed by atoms with van der Waals surface area (Å²) < 4.78 is 6.04. The summed E-state index contributed by atoms with van der Waals surface area (Å²) in [6.45, 7) is 2.11. The second-order valence-corrected chi connectivity index (χ2v) is 5.25. The maximum atomic E-state index is 10.4. The highest BCUT2D eigenvalue weighted by atomic mass is 79.9. The van der Waals surface area contributed by atoms with Gasteiger partial charge in [-0.3, -0.25) is 0 Å². The maximum absolute atomic E-state index is 10.4. The van der Waals surface area contributed by atoms with Crippen molar-refractivity contribution in [3.63, 3.8) is 0 Å². The van der Waals surface area contributed by atoms with Gasteiger partial charge in [-0.15, -0.1) is 0 Å². The van der Waals surface area contributed by atoms with E-state index in [-0.39, 0.29) is 0 Å². The molecule has 19 heavy (non-hydrogen) atoms. The van der Waals surface area contributed by atoms with Crippen LogP contribution in [-0.2, 0) is 6.42 Å². The van der Waals surface area contributed by atoms with Crippen molar-refractivity contribution in [2.45, 2.75) is 19.4 Å². The van der Waals surface area contributed by atoms with Crippen molar-refractivity contribution in [3.8, 4) is 5.75 Å². The molecule has 0 aliphatic heterocycles. The van der Waals surface area contributed by atoms with E-state index in [2.05, 4.69) is 28.9 Å². The number of hydrogen-bond donors (Lipinski definition) is 1. The number of aliphatic hydroxyl groups excluding tert-OH is 1. The Hall–Kier alpha value is -1.32. The van der Waals surface area contributed by atoms with Crippen LogP contribution in [0.2, 0.25) is 0 Å². The fraction of sp³-hybridized carbons (Fsp3) is 0.250. The first-order chi connectivity index (χ1) is 9.15. The highest BCUT2D eigenvalue weighted by molar-refractivity contribution is 9.10. The minimum atomic E-state index is -0.617. The quantitative estimate of drug-likeness (QED) is 0.918. The summed E-state index contributed by atoms with van der Waals surface area (Å²) in [7, 11) is 1.63. The van der Waals surface area contributed by atoms with Gasteiger partial charge in [-0.05, 0) is 51.2 Å². The molecule has 2 nitrogen and oxygen atoms in total.